The second kappa shape index (κ2) is 9.62. The molecule has 0 radical (unpaired) electrons. The Morgan fingerprint density at radius 3 is 2.64 bits per heavy atom. The fourth-order valence-corrected chi connectivity index (χ4v) is 4.87. The van der Waals surface area contributed by atoms with Crippen molar-refractivity contribution in [3.8, 4) is 11.1 Å². The van der Waals surface area contributed by atoms with Crippen LogP contribution in [0, 0.1) is 0 Å². The van der Waals surface area contributed by atoms with Gasteiger partial charge in [-0.3, -0.25) is 9.89 Å². The standard InChI is InChI=1S/C28H33N7O/c1-28(2,3)22-7-5-17(14-24(22)33-19-8-11-30-12-9-19)21-10-13-31-27(25(21)26(29)36)34-20-6-4-18-16-32-35-23(18)15-20/h4-7,10,13-16,19,30,33H,8-9,11-12H2,1-3H3,(H2,29,36)(H,31,34)(H,32,35). The lowest BCUT2D eigenvalue weighted by atomic mass is 9.84. The van der Waals surface area contributed by atoms with Crippen LogP contribution in [0.2, 0.25) is 0 Å². The van der Waals surface area contributed by atoms with Crippen molar-refractivity contribution in [2.45, 2.75) is 45.1 Å². The van der Waals surface area contributed by atoms with Gasteiger partial charge in [0.15, 0.2) is 0 Å². The van der Waals surface area contributed by atoms with Gasteiger partial charge in [0, 0.05) is 29.0 Å². The summed E-state index contributed by atoms with van der Waals surface area (Å²) in [5.74, 6) is -0.109. The largest absolute Gasteiger partial charge is 0.382 e. The van der Waals surface area contributed by atoms with Gasteiger partial charge in [-0.15, -0.1) is 0 Å². The van der Waals surface area contributed by atoms with Crippen LogP contribution in [0.25, 0.3) is 22.0 Å². The number of fused-ring (bicyclic) bond motifs is 1. The molecule has 1 amide bonds. The van der Waals surface area contributed by atoms with Gasteiger partial charge >= 0.3 is 0 Å². The Bertz CT molecular complexity index is 1400. The molecule has 2 aromatic carbocycles. The summed E-state index contributed by atoms with van der Waals surface area (Å²) in [5.41, 5.74) is 11.9. The van der Waals surface area contributed by atoms with Gasteiger partial charge in [0.05, 0.1) is 17.3 Å². The third-order valence-corrected chi connectivity index (χ3v) is 6.74. The predicted octanol–water partition coefficient (Wildman–Crippen LogP) is 4.93. The van der Waals surface area contributed by atoms with Crippen LogP contribution in [0.3, 0.4) is 0 Å². The van der Waals surface area contributed by atoms with Gasteiger partial charge in [0.25, 0.3) is 5.91 Å². The smallest absolute Gasteiger partial charge is 0.253 e. The number of pyridine rings is 1. The number of primary amides is 1. The minimum Gasteiger partial charge on any atom is -0.382 e. The molecule has 0 aliphatic carbocycles. The Kier molecular flexibility index (Phi) is 6.36. The Morgan fingerprint density at radius 1 is 1.08 bits per heavy atom. The van der Waals surface area contributed by atoms with Gasteiger partial charge in [-0.05, 0) is 78.4 Å². The number of benzene rings is 2. The van der Waals surface area contributed by atoms with Crippen LogP contribution < -0.4 is 21.7 Å². The molecule has 2 aromatic heterocycles. The zero-order chi connectivity index (χ0) is 25.3. The van der Waals surface area contributed by atoms with Crippen LogP contribution in [0.4, 0.5) is 17.2 Å². The van der Waals surface area contributed by atoms with E-state index < -0.39 is 5.91 Å². The number of piperidine rings is 1. The number of carbonyl (C=O) groups excluding carboxylic acids is 1. The van der Waals surface area contributed by atoms with Crippen molar-refractivity contribution >= 4 is 34.0 Å². The molecule has 1 aliphatic heterocycles. The van der Waals surface area contributed by atoms with Crippen LogP contribution >= 0.6 is 0 Å². The lowest BCUT2D eigenvalue weighted by Crippen LogP contribution is -2.35. The summed E-state index contributed by atoms with van der Waals surface area (Å²) in [7, 11) is 0. The van der Waals surface area contributed by atoms with Gasteiger partial charge in [0.2, 0.25) is 0 Å². The van der Waals surface area contributed by atoms with E-state index in [2.05, 4.69) is 70.1 Å². The molecule has 0 atom stereocenters. The summed E-state index contributed by atoms with van der Waals surface area (Å²) in [4.78, 5) is 17.2. The lowest BCUT2D eigenvalue weighted by Gasteiger charge is -2.30. The number of carbonyl (C=O) groups is 1. The number of nitrogens with two attached hydrogens (primary N) is 1. The van der Waals surface area contributed by atoms with Crippen molar-refractivity contribution in [1.82, 2.24) is 20.5 Å². The summed E-state index contributed by atoms with van der Waals surface area (Å²) in [6, 6.07) is 14.4. The van der Waals surface area contributed by atoms with Crippen molar-refractivity contribution in [3.05, 3.63) is 66.0 Å². The third kappa shape index (κ3) is 4.90. The highest BCUT2D eigenvalue weighted by molar-refractivity contribution is 6.05. The molecule has 0 bridgehead atoms. The summed E-state index contributed by atoms with van der Waals surface area (Å²) < 4.78 is 0. The van der Waals surface area contributed by atoms with Crippen LogP contribution in [0.5, 0.6) is 0 Å². The fourth-order valence-electron chi connectivity index (χ4n) is 4.87. The molecule has 8 heteroatoms. The summed E-state index contributed by atoms with van der Waals surface area (Å²) in [6.07, 6.45) is 5.62. The van der Waals surface area contributed by atoms with Crippen molar-refractivity contribution < 1.29 is 4.79 Å². The van der Waals surface area contributed by atoms with E-state index in [1.165, 1.54) is 5.56 Å². The van der Waals surface area contributed by atoms with Crippen molar-refractivity contribution in [3.63, 3.8) is 0 Å². The zero-order valence-corrected chi connectivity index (χ0v) is 21.0. The third-order valence-electron chi connectivity index (χ3n) is 6.74. The van der Waals surface area contributed by atoms with Crippen LogP contribution in [-0.2, 0) is 5.41 Å². The number of H-pyrrole nitrogens is 1. The molecule has 1 aliphatic rings. The first-order valence-electron chi connectivity index (χ1n) is 12.4. The Balaban J connectivity index is 1.55. The number of aromatic amines is 1. The van der Waals surface area contributed by atoms with E-state index in [0.29, 0.717) is 17.4 Å². The van der Waals surface area contributed by atoms with E-state index in [0.717, 1.165) is 59.3 Å². The Labute approximate surface area is 211 Å². The molecule has 1 saturated heterocycles. The summed E-state index contributed by atoms with van der Waals surface area (Å²) in [6.45, 7) is 8.68. The number of amides is 1. The van der Waals surface area contributed by atoms with Gasteiger partial charge < -0.3 is 21.7 Å². The van der Waals surface area contributed by atoms with Crippen LogP contribution in [0.1, 0.15) is 49.5 Å². The summed E-state index contributed by atoms with van der Waals surface area (Å²) >= 11 is 0. The van der Waals surface area contributed by atoms with Crippen LogP contribution in [-0.4, -0.2) is 40.2 Å². The van der Waals surface area contributed by atoms with Gasteiger partial charge in [-0.25, -0.2) is 4.98 Å². The van der Waals surface area contributed by atoms with Gasteiger partial charge in [-0.2, -0.15) is 5.10 Å². The average Bonchev–Trinajstić information content (AvgIpc) is 3.32. The number of hydrogen-bond acceptors (Lipinski definition) is 6. The van der Waals surface area contributed by atoms with Crippen LogP contribution in [0.15, 0.2) is 54.9 Å². The number of aromatic nitrogens is 3. The van der Waals surface area contributed by atoms with E-state index in [1.54, 1.807) is 12.4 Å². The van der Waals surface area contributed by atoms with E-state index in [1.807, 2.05) is 24.3 Å². The number of nitrogens with one attached hydrogen (secondary N) is 4. The van der Waals surface area contributed by atoms with Crippen molar-refractivity contribution in [1.29, 1.82) is 0 Å². The number of rotatable bonds is 6. The molecule has 6 N–H and O–H groups in total. The molecule has 1 fully saturated rings. The highest BCUT2D eigenvalue weighted by Crippen LogP contribution is 2.37. The maximum atomic E-state index is 12.7. The summed E-state index contributed by atoms with van der Waals surface area (Å²) in [5, 5.41) is 18.5. The molecule has 0 unspecified atom stereocenters. The predicted molar refractivity (Wildman–Crippen MR) is 146 cm³/mol. The molecular formula is C28H33N7O. The van der Waals surface area contributed by atoms with Gasteiger partial charge in [-0.1, -0.05) is 32.9 Å². The molecule has 3 heterocycles. The minimum atomic E-state index is -0.531. The molecular weight excluding hydrogens is 450 g/mol. The van der Waals surface area contributed by atoms with Gasteiger partial charge in [0.1, 0.15) is 5.82 Å². The maximum absolute atomic E-state index is 12.7. The highest BCUT2D eigenvalue weighted by atomic mass is 16.1. The van der Waals surface area contributed by atoms with Crippen molar-refractivity contribution in [2.24, 2.45) is 5.73 Å². The number of nitrogens with zero attached hydrogens (tertiary/aromatic N) is 2. The monoisotopic (exact) mass is 483 g/mol. The first-order chi connectivity index (χ1) is 17.3. The second-order valence-corrected chi connectivity index (χ2v) is 10.4. The van der Waals surface area contributed by atoms with E-state index >= 15 is 0 Å². The molecule has 0 saturated carbocycles. The molecule has 186 valence electrons. The van der Waals surface area contributed by atoms with E-state index in [-0.39, 0.29) is 5.41 Å². The molecule has 8 nitrogen and oxygen atoms in total. The van der Waals surface area contributed by atoms with Crippen molar-refractivity contribution in [2.75, 3.05) is 23.7 Å². The molecule has 36 heavy (non-hydrogen) atoms. The maximum Gasteiger partial charge on any atom is 0.253 e. The molecule has 0 spiro atoms. The first-order valence-corrected chi connectivity index (χ1v) is 12.4. The average molecular weight is 484 g/mol. The normalized spacial score (nSPS) is 14.6. The molecule has 4 aromatic rings. The molecule has 5 rings (SSSR count). The Hall–Kier alpha value is -3.91. The number of anilines is 3. The topological polar surface area (TPSA) is 121 Å². The van der Waals surface area contributed by atoms with E-state index in [9.17, 15) is 4.79 Å². The fraction of sp³-hybridized carbons (Fsp3) is 0.321. The highest BCUT2D eigenvalue weighted by Gasteiger charge is 2.23. The SMILES string of the molecule is CC(C)(C)c1ccc(-c2ccnc(Nc3ccc4cn[nH]c4c3)c2C(N)=O)cc1NC1CCNCC1. The quantitative estimate of drug-likeness (QED) is 0.265. The lowest BCUT2D eigenvalue weighted by molar-refractivity contribution is 0.100. The van der Waals surface area contributed by atoms with E-state index in [4.69, 9.17) is 5.73 Å². The second-order valence-electron chi connectivity index (χ2n) is 10.4. The number of hydrogen-bond donors (Lipinski definition) is 5. The zero-order valence-electron chi connectivity index (χ0n) is 21.0. The Morgan fingerprint density at radius 2 is 1.89 bits per heavy atom. The first kappa shape index (κ1) is 23.8. The minimum absolute atomic E-state index is 0.0312.